The van der Waals surface area contributed by atoms with Crippen LogP contribution in [0.5, 0.6) is 5.75 Å². The van der Waals surface area contributed by atoms with Gasteiger partial charge in [-0.25, -0.2) is 4.99 Å². The number of para-hydroxylation sites is 1. The van der Waals surface area contributed by atoms with E-state index in [1.807, 2.05) is 77.7 Å². The molecule has 1 amide bonds. The molecule has 0 unspecified atom stereocenters. The first-order chi connectivity index (χ1) is 18.5. The van der Waals surface area contributed by atoms with E-state index in [1.54, 1.807) is 6.07 Å². The van der Waals surface area contributed by atoms with Gasteiger partial charge in [0.1, 0.15) is 12.4 Å². The van der Waals surface area contributed by atoms with Crippen LogP contribution in [0.4, 0.5) is 5.69 Å². The Morgan fingerprint density at radius 2 is 1.87 bits per heavy atom. The van der Waals surface area contributed by atoms with Crippen molar-refractivity contribution in [2.24, 2.45) is 10.9 Å². The Morgan fingerprint density at radius 3 is 2.63 bits per heavy atom. The van der Waals surface area contributed by atoms with Crippen LogP contribution in [0.3, 0.4) is 0 Å². The number of amides is 1. The van der Waals surface area contributed by atoms with Crippen molar-refractivity contribution in [3.8, 4) is 11.8 Å². The number of rotatable bonds is 6. The van der Waals surface area contributed by atoms with E-state index >= 15 is 0 Å². The van der Waals surface area contributed by atoms with Crippen molar-refractivity contribution in [3.63, 3.8) is 0 Å². The second-order valence-electron chi connectivity index (χ2n) is 9.59. The summed E-state index contributed by atoms with van der Waals surface area (Å²) in [5.74, 6) is 1.13. The molecule has 7 heteroatoms. The fourth-order valence-corrected chi connectivity index (χ4v) is 6.49. The van der Waals surface area contributed by atoms with Crippen molar-refractivity contribution >= 4 is 50.5 Å². The number of amidine groups is 1. The van der Waals surface area contributed by atoms with Crippen LogP contribution in [0.2, 0.25) is 0 Å². The summed E-state index contributed by atoms with van der Waals surface area (Å²) in [5.41, 5.74) is 3.18. The topological polar surface area (TPSA) is 65.7 Å². The number of ether oxygens (including phenoxy) is 1. The summed E-state index contributed by atoms with van der Waals surface area (Å²) in [6.45, 7) is 2.54. The zero-order valence-corrected chi connectivity index (χ0v) is 23.5. The number of nitriles is 1. The molecule has 1 saturated heterocycles. The Hall–Kier alpha value is -3.34. The molecule has 1 aliphatic heterocycles. The molecule has 0 N–H and O–H groups in total. The molecule has 0 aromatic heterocycles. The maximum absolute atomic E-state index is 13.7. The highest BCUT2D eigenvalue weighted by Gasteiger charge is 2.41. The number of carbonyl (C=O) groups is 1. The summed E-state index contributed by atoms with van der Waals surface area (Å²) < 4.78 is 6.77. The van der Waals surface area contributed by atoms with Gasteiger partial charge in [0.05, 0.1) is 26.7 Å². The summed E-state index contributed by atoms with van der Waals surface area (Å²) in [6.07, 6.45) is 6.41. The molecule has 2 aliphatic rings. The smallest absolute Gasteiger partial charge is 0.267 e. The van der Waals surface area contributed by atoms with Gasteiger partial charge in [0, 0.05) is 11.6 Å². The molecule has 0 spiro atoms. The SMILES string of the molecule is C[C@H]1CCCC[C@H]1N1C(=O)/C(=C/c2ccc(OCc3ccccc3C#N)c(Br)c2)SC1=Nc1ccccc1. The third-order valence-corrected chi connectivity index (χ3v) is 8.59. The van der Waals surface area contributed by atoms with Crippen LogP contribution in [0, 0.1) is 17.2 Å². The second kappa shape index (κ2) is 12.0. The number of halogens is 1. The van der Waals surface area contributed by atoms with Crippen LogP contribution in [0.25, 0.3) is 6.08 Å². The normalized spacial score (nSPS) is 21.6. The van der Waals surface area contributed by atoms with Crippen molar-refractivity contribution in [2.45, 2.75) is 45.3 Å². The average Bonchev–Trinajstić information content (AvgIpc) is 3.23. The monoisotopic (exact) mass is 585 g/mol. The first kappa shape index (κ1) is 26.3. The van der Waals surface area contributed by atoms with Crippen molar-refractivity contribution in [1.29, 1.82) is 5.26 Å². The number of nitrogens with zero attached hydrogens (tertiary/aromatic N) is 3. The molecule has 192 valence electrons. The third kappa shape index (κ3) is 5.87. The quantitative estimate of drug-likeness (QED) is 0.274. The van der Waals surface area contributed by atoms with Gasteiger partial charge in [0.15, 0.2) is 5.17 Å². The summed E-state index contributed by atoms with van der Waals surface area (Å²) in [6, 6.07) is 25.4. The van der Waals surface area contributed by atoms with Crippen LogP contribution in [-0.2, 0) is 11.4 Å². The molecule has 1 heterocycles. The van der Waals surface area contributed by atoms with Crippen LogP contribution in [0.15, 0.2) is 87.2 Å². The Labute approximate surface area is 236 Å². The lowest BCUT2D eigenvalue weighted by atomic mass is 9.85. The molecule has 0 radical (unpaired) electrons. The molecule has 5 rings (SSSR count). The van der Waals surface area contributed by atoms with Crippen molar-refractivity contribution in [1.82, 2.24) is 4.90 Å². The molecule has 1 aliphatic carbocycles. The minimum absolute atomic E-state index is 0.0213. The van der Waals surface area contributed by atoms with Crippen molar-refractivity contribution in [2.75, 3.05) is 0 Å². The van der Waals surface area contributed by atoms with E-state index in [1.165, 1.54) is 18.2 Å². The largest absolute Gasteiger partial charge is 0.488 e. The minimum atomic E-state index is 0.0213. The zero-order chi connectivity index (χ0) is 26.5. The van der Waals surface area contributed by atoms with E-state index in [2.05, 4.69) is 28.9 Å². The van der Waals surface area contributed by atoms with E-state index in [0.717, 1.165) is 45.7 Å². The Kier molecular flexibility index (Phi) is 8.31. The zero-order valence-electron chi connectivity index (χ0n) is 21.1. The van der Waals surface area contributed by atoms with Crippen molar-refractivity contribution < 1.29 is 9.53 Å². The van der Waals surface area contributed by atoms with E-state index < -0.39 is 0 Å². The molecule has 5 nitrogen and oxygen atoms in total. The average molecular weight is 587 g/mol. The Bertz CT molecular complexity index is 1430. The highest BCUT2D eigenvalue weighted by molar-refractivity contribution is 9.10. The molecule has 3 aromatic rings. The molecular formula is C31H28BrN3O2S. The predicted molar refractivity (Wildman–Crippen MR) is 157 cm³/mol. The third-order valence-electron chi connectivity index (χ3n) is 6.99. The minimum Gasteiger partial charge on any atom is -0.488 e. The maximum atomic E-state index is 13.7. The molecule has 3 aromatic carbocycles. The number of benzene rings is 3. The molecule has 1 saturated carbocycles. The summed E-state index contributed by atoms with van der Waals surface area (Å²) in [7, 11) is 0. The van der Waals surface area contributed by atoms with Gasteiger partial charge in [-0.15, -0.1) is 0 Å². The lowest BCUT2D eigenvalue weighted by molar-refractivity contribution is -0.124. The highest BCUT2D eigenvalue weighted by Crippen LogP contribution is 2.40. The van der Waals surface area contributed by atoms with E-state index in [-0.39, 0.29) is 11.9 Å². The predicted octanol–water partition coefficient (Wildman–Crippen LogP) is 8.08. The van der Waals surface area contributed by atoms with Gasteiger partial charge >= 0.3 is 0 Å². The standard InChI is InChI=1S/C31H28BrN3O2S/c1-21-9-5-8-14-27(21)35-30(36)29(38-31(35)34-25-12-3-2-4-13-25)18-22-15-16-28(26(32)17-22)37-20-24-11-7-6-10-23(24)19-33/h2-4,6-7,10-13,15-18,21,27H,5,8-9,14,20H2,1H3/b29-18-,34-31?/t21-,27+/m0/s1. The van der Waals surface area contributed by atoms with Gasteiger partial charge in [-0.3, -0.25) is 9.69 Å². The molecular weight excluding hydrogens is 558 g/mol. The fourth-order valence-electron chi connectivity index (χ4n) is 4.94. The fraction of sp³-hybridized carbons (Fsp3) is 0.258. The van der Waals surface area contributed by atoms with Gasteiger partial charge in [-0.2, -0.15) is 5.26 Å². The number of carbonyl (C=O) groups excluding carboxylic acids is 1. The van der Waals surface area contributed by atoms with Crippen LogP contribution >= 0.6 is 27.7 Å². The molecule has 2 fully saturated rings. The molecule has 0 bridgehead atoms. The first-order valence-electron chi connectivity index (χ1n) is 12.8. The van der Waals surface area contributed by atoms with Crippen LogP contribution in [0.1, 0.15) is 49.3 Å². The Morgan fingerprint density at radius 1 is 1.11 bits per heavy atom. The highest BCUT2D eigenvalue weighted by atomic mass is 79.9. The lowest BCUT2D eigenvalue weighted by Crippen LogP contribution is -2.44. The number of hydrogen-bond donors (Lipinski definition) is 0. The van der Waals surface area contributed by atoms with Gasteiger partial charge < -0.3 is 4.74 Å². The Balaban J connectivity index is 1.39. The first-order valence-corrected chi connectivity index (χ1v) is 14.4. The second-order valence-corrected chi connectivity index (χ2v) is 11.5. The maximum Gasteiger partial charge on any atom is 0.267 e. The van der Waals surface area contributed by atoms with Gasteiger partial charge in [-0.1, -0.05) is 62.2 Å². The van der Waals surface area contributed by atoms with Gasteiger partial charge in [0.2, 0.25) is 0 Å². The number of thioether (sulfide) groups is 1. The van der Waals surface area contributed by atoms with Crippen molar-refractivity contribution in [3.05, 3.63) is 98.9 Å². The molecule has 2 atom stereocenters. The number of hydrogen-bond acceptors (Lipinski definition) is 5. The van der Waals surface area contributed by atoms with Crippen LogP contribution < -0.4 is 4.74 Å². The summed E-state index contributed by atoms with van der Waals surface area (Å²) >= 11 is 5.06. The lowest BCUT2D eigenvalue weighted by Gasteiger charge is -2.35. The summed E-state index contributed by atoms with van der Waals surface area (Å²) in [4.78, 5) is 21.2. The summed E-state index contributed by atoms with van der Waals surface area (Å²) in [5, 5.41) is 10.1. The van der Waals surface area contributed by atoms with E-state index in [4.69, 9.17) is 9.73 Å². The van der Waals surface area contributed by atoms with E-state index in [0.29, 0.717) is 28.7 Å². The molecule has 38 heavy (non-hydrogen) atoms. The van der Waals surface area contributed by atoms with Gasteiger partial charge in [-0.05, 0) is 88.4 Å². The van der Waals surface area contributed by atoms with Gasteiger partial charge in [0.25, 0.3) is 5.91 Å². The van der Waals surface area contributed by atoms with Crippen LogP contribution in [-0.4, -0.2) is 22.0 Å². The van der Waals surface area contributed by atoms with E-state index in [9.17, 15) is 10.1 Å². The number of aliphatic imine (C=N–C) groups is 1.